The van der Waals surface area contributed by atoms with Gasteiger partial charge >= 0.3 is 44.1 Å². The van der Waals surface area contributed by atoms with E-state index in [-0.39, 0.29) is 11.1 Å². The Labute approximate surface area is 280 Å². The Balaban J connectivity index is 2.01. The van der Waals surface area contributed by atoms with E-state index in [4.69, 9.17) is 37.3 Å². The minimum atomic E-state index is -5.08. The quantitative estimate of drug-likeness (QED) is 0.107. The third-order valence-electron chi connectivity index (χ3n) is 6.52. The second kappa shape index (κ2) is 16.8. The Morgan fingerprint density at radius 2 is 1.04 bits per heavy atom. The second-order valence-electron chi connectivity index (χ2n) is 10.6. The average Bonchev–Trinajstić information content (AvgIpc) is 3.00. The molecule has 0 radical (unpaired) electrons. The first-order valence-electron chi connectivity index (χ1n) is 14.4. The lowest BCUT2D eigenvalue weighted by Gasteiger charge is -2.44. The van der Waals surface area contributed by atoms with Gasteiger partial charge in [-0.3, -0.25) is 32.7 Å². The molecule has 0 spiro atoms. The molecule has 0 unspecified atom stereocenters. The van der Waals surface area contributed by atoms with Gasteiger partial charge in [-0.05, 0) is 35.4 Å². The molecule has 276 valence electrons. The second-order valence-corrected chi connectivity index (χ2v) is 12.2. The molecule has 20 heteroatoms. The van der Waals surface area contributed by atoms with Crippen LogP contribution in [0.4, 0.5) is 26.3 Å². The molecule has 1 heterocycles. The Morgan fingerprint density at radius 3 is 1.42 bits per heavy atom. The van der Waals surface area contributed by atoms with Crippen LogP contribution in [-0.4, -0.2) is 61.2 Å². The molecule has 0 aromatic heterocycles. The maximum atomic E-state index is 14.1. The standard InChI is InChI=1S/C30H31F6O13P/c1-16(37)42-15-24-25(45-17(2)38)26(46-18(3)39)27(47-19(4)40)28(48-24)49-50(41,43-13-20-5-9-22(10-6-20)29(31,32)33)44-14-21-7-11-23(12-8-21)30(34,35)36/h5-12,24-28H,13-15H2,1-4H3/t24-,25-,26+,27+,28-/m1/s1. The van der Waals surface area contributed by atoms with Crippen molar-refractivity contribution in [2.24, 2.45) is 0 Å². The largest absolute Gasteiger partial charge is 0.477 e. The highest BCUT2D eigenvalue weighted by atomic mass is 31.2. The molecule has 2 aromatic carbocycles. The topological polar surface area (TPSA) is 159 Å². The Hall–Kier alpha value is -4.03. The third kappa shape index (κ3) is 12.1. The van der Waals surface area contributed by atoms with E-state index in [0.717, 1.165) is 52.0 Å². The van der Waals surface area contributed by atoms with Crippen molar-refractivity contribution in [3.8, 4) is 0 Å². The fraction of sp³-hybridized carbons (Fsp3) is 0.467. The molecule has 1 aliphatic heterocycles. The Bertz CT molecular complexity index is 1480. The van der Waals surface area contributed by atoms with Crippen molar-refractivity contribution in [2.75, 3.05) is 6.61 Å². The number of hydrogen-bond acceptors (Lipinski definition) is 13. The number of hydrogen-bond donors (Lipinski definition) is 0. The molecule has 0 saturated carbocycles. The predicted molar refractivity (Wildman–Crippen MR) is 153 cm³/mol. The minimum Gasteiger partial charge on any atom is -0.463 e. The van der Waals surface area contributed by atoms with Gasteiger partial charge in [-0.1, -0.05) is 24.3 Å². The summed E-state index contributed by atoms with van der Waals surface area (Å²) < 4.78 is 135. The van der Waals surface area contributed by atoms with Crippen LogP contribution in [0.15, 0.2) is 48.5 Å². The zero-order valence-corrected chi connectivity index (χ0v) is 27.5. The molecule has 0 aliphatic carbocycles. The van der Waals surface area contributed by atoms with Gasteiger partial charge in [-0.15, -0.1) is 0 Å². The van der Waals surface area contributed by atoms with Crippen molar-refractivity contribution in [1.82, 2.24) is 0 Å². The van der Waals surface area contributed by atoms with Gasteiger partial charge in [0.05, 0.1) is 24.3 Å². The van der Waals surface area contributed by atoms with Crippen LogP contribution >= 0.6 is 7.82 Å². The number of rotatable bonds is 13. The summed E-state index contributed by atoms with van der Waals surface area (Å²) >= 11 is 0. The zero-order valence-electron chi connectivity index (χ0n) is 26.6. The first-order chi connectivity index (χ1) is 23.2. The lowest BCUT2D eigenvalue weighted by atomic mass is 9.98. The number of halogens is 6. The van der Waals surface area contributed by atoms with Crippen molar-refractivity contribution < 1.29 is 87.3 Å². The van der Waals surface area contributed by atoms with Crippen LogP contribution in [0.2, 0.25) is 0 Å². The number of phosphoric ester groups is 1. The highest BCUT2D eigenvalue weighted by Gasteiger charge is 2.55. The van der Waals surface area contributed by atoms with Crippen LogP contribution in [0, 0.1) is 0 Å². The van der Waals surface area contributed by atoms with Crippen LogP contribution in [0.25, 0.3) is 0 Å². The summed E-state index contributed by atoms with van der Waals surface area (Å²) in [5.74, 6) is -3.79. The maximum Gasteiger partial charge on any atom is 0.477 e. The molecule has 1 fully saturated rings. The summed E-state index contributed by atoms with van der Waals surface area (Å²) in [5.41, 5.74) is -1.95. The van der Waals surface area contributed by atoms with E-state index < -0.39 is 106 Å². The monoisotopic (exact) mass is 744 g/mol. The van der Waals surface area contributed by atoms with Crippen molar-refractivity contribution in [3.05, 3.63) is 70.8 Å². The first kappa shape index (κ1) is 40.4. The van der Waals surface area contributed by atoms with Gasteiger partial charge in [0, 0.05) is 27.7 Å². The molecule has 5 atom stereocenters. The molecular weight excluding hydrogens is 713 g/mol. The summed E-state index contributed by atoms with van der Waals surface area (Å²) in [5, 5.41) is 0. The summed E-state index contributed by atoms with van der Waals surface area (Å²) in [4.78, 5) is 47.9. The first-order valence-corrected chi connectivity index (χ1v) is 15.8. The van der Waals surface area contributed by atoms with Crippen LogP contribution in [0.1, 0.15) is 49.9 Å². The molecular formula is C30H31F6O13P. The van der Waals surface area contributed by atoms with E-state index in [1.54, 1.807) is 0 Å². The SMILES string of the molecule is CC(=O)OC[C@H]1O[C@H](OP(=O)(OCc2ccc(C(F)(F)F)cc2)OCc2ccc(C(F)(F)F)cc2)[C@@H](OC(C)=O)[C@@H](OC(C)=O)[C@@H]1OC(C)=O. The molecule has 3 rings (SSSR count). The van der Waals surface area contributed by atoms with E-state index in [0.29, 0.717) is 24.3 Å². The van der Waals surface area contributed by atoms with Crippen molar-refractivity contribution in [3.63, 3.8) is 0 Å². The molecule has 13 nitrogen and oxygen atoms in total. The summed E-state index contributed by atoms with van der Waals surface area (Å²) in [6.07, 6.45) is -18.2. The van der Waals surface area contributed by atoms with Crippen LogP contribution in [0.5, 0.6) is 0 Å². The van der Waals surface area contributed by atoms with Gasteiger partial charge in [0.25, 0.3) is 0 Å². The van der Waals surface area contributed by atoms with E-state index in [1.165, 1.54) is 0 Å². The van der Waals surface area contributed by atoms with E-state index in [2.05, 4.69) is 0 Å². The van der Waals surface area contributed by atoms with Gasteiger partial charge in [-0.25, -0.2) is 4.57 Å². The number of ether oxygens (including phenoxy) is 5. The summed E-state index contributed by atoms with van der Waals surface area (Å²) in [7, 11) is -5.08. The van der Waals surface area contributed by atoms with Gasteiger partial charge in [0.2, 0.25) is 6.29 Å². The van der Waals surface area contributed by atoms with Crippen LogP contribution < -0.4 is 0 Å². The fourth-order valence-electron chi connectivity index (χ4n) is 4.39. The summed E-state index contributed by atoms with van der Waals surface area (Å²) in [6.45, 7) is 1.75. The number of phosphoric acid groups is 1. The van der Waals surface area contributed by atoms with Gasteiger partial charge in [-0.2, -0.15) is 26.3 Å². The predicted octanol–water partition coefficient (Wildman–Crippen LogP) is 5.67. The Morgan fingerprint density at radius 1 is 0.640 bits per heavy atom. The highest BCUT2D eigenvalue weighted by molar-refractivity contribution is 7.48. The minimum absolute atomic E-state index is 0.0292. The van der Waals surface area contributed by atoms with Crippen molar-refractivity contribution >= 4 is 31.7 Å². The summed E-state index contributed by atoms with van der Waals surface area (Å²) in [6, 6.07) is 6.85. The highest BCUT2D eigenvalue weighted by Crippen LogP contribution is 2.54. The van der Waals surface area contributed by atoms with E-state index in [9.17, 15) is 50.1 Å². The number of alkyl halides is 6. The molecule has 50 heavy (non-hydrogen) atoms. The maximum absolute atomic E-state index is 14.1. The van der Waals surface area contributed by atoms with E-state index >= 15 is 0 Å². The smallest absolute Gasteiger partial charge is 0.463 e. The lowest BCUT2D eigenvalue weighted by molar-refractivity contribution is -0.292. The molecule has 1 aliphatic rings. The van der Waals surface area contributed by atoms with Crippen molar-refractivity contribution in [1.29, 1.82) is 0 Å². The Kier molecular flexibility index (Phi) is 13.6. The normalized spacial score (nSPS) is 21.2. The number of carbonyl (C=O) groups excluding carboxylic acids is 4. The van der Waals surface area contributed by atoms with E-state index in [1.807, 2.05) is 0 Å². The fourth-order valence-corrected chi connectivity index (χ4v) is 5.62. The molecule has 0 bridgehead atoms. The molecule has 0 amide bonds. The van der Waals surface area contributed by atoms with Gasteiger partial charge in [0.15, 0.2) is 18.3 Å². The van der Waals surface area contributed by atoms with Crippen LogP contribution in [0.3, 0.4) is 0 Å². The zero-order chi connectivity index (χ0) is 37.4. The molecule has 1 saturated heterocycles. The number of carbonyl (C=O) groups is 4. The van der Waals surface area contributed by atoms with Crippen LogP contribution in [-0.2, 0) is 86.6 Å². The molecule has 2 aromatic rings. The third-order valence-corrected chi connectivity index (χ3v) is 7.88. The lowest BCUT2D eigenvalue weighted by Crippen LogP contribution is -2.62. The number of esters is 4. The average molecular weight is 745 g/mol. The van der Waals surface area contributed by atoms with Gasteiger partial charge in [0.1, 0.15) is 12.7 Å². The molecule has 0 N–H and O–H groups in total. The van der Waals surface area contributed by atoms with Gasteiger partial charge < -0.3 is 23.7 Å². The number of benzene rings is 2. The van der Waals surface area contributed by atoms with Crippen molar-refractivity contribution in [2.45, 2.75) is 84.0 Å².